The van der Waals surface area contributed by atoms with E-state index in [0.717, 1.165) is 12.0 Å². The maximum Gasteiger partial charge on any atom is 0.267 e. The van der Waals surface area contributed by atoms with Crippen LogP contribution in [-0.4, -0.2) is 13.6 Å². The van der Waals surface area contributed by atoms with Gasteiger partial charge in [0.2, 0.25) is 0 Å². The van der Waals surface area contributed by atoms with E-state index in [9.17, 15) is 8.42 Å². The summed E-state index contributed by atoms with van der Waals surface area (Å²) in [7, 11) is -3.68. The van der Waals surface area contributed by atoms with Crippen molar-refractivity contribution in [3.8, 4) is 0 Å². The number of benzene rings is 1. The Balaban J connectivity index is 2.29. The molecule has 0 aliphatic rings. The summed E-state index contributed by atoms with van der Waals surface area (Å²) in [6.07, 6.45) is 0.904. The molecular formula is C15H20N2O3S. The van der Waals surface area contributed by atoms with Gasteiger partial charge in [0, 0.05) is 5.69 Å². The van der Waals surface area contributed by atoms with Crippen LogP contribution < -0.4 is 4.72 Å². The van der Waals surface area contributed by atoms with Crippen molar-refractivity contribution in [2.24, 2.45) is 5.92 Å². The predicted molar refractivity (Wildman–Crippen MR) is 81.8 cm³/mol. The van der Waals surface area contributed by atoms with Crippen molar-refractivity contribution < 1.29 is 12.9 Å². The minimum absolute atomic E-state index is 0.108. The molecule has 0 bridgehead atoms. The number of aromatic nitrogens is 1. The van der Waals surface area contributed by atoms with Crippen LogP contribution >= 0.6 is 0 Å². The molecule has 1 N–H and O–H groups in total. The molecule has 0 atom stereocenters. The summed E-state index contributed by atoms with van der Waals surface area (Å²) in [6, 6.07) is 7.44. The van der Waals surface area contributed by atoms with E-state index in [4.69, 9.17) is 4.52 Å². The first-order chi connectivity index (χ1) is 9.79. The monoisotopic (exact) mass is 308 g/mol. The molecule has 1 aromatic carbocycles. The molecular weight excluding hydrogens is 288 g/mol. The maximum absolute atomic E-state index is 12.4. The second kappa shape index (κ2) is 5.89. The van der Waals surface area contributed by atoms with E-state index in [-0.39, 0.29) is 4.90 Å². The highest BCUT2D eigenvalue weighted by atomic mass is 32.2. The van der Waals surface area contributed by atoms with E-state index >= 15 is 0 Å². The van der Waals surface area contributed by atoms with Crippen molar-refractivity contribution in [1.29, 1.82) is 0 Å². The molecule has 5 nitrogen and oxygen atoms in total. The van der Waals surface area contributed by atoms with Crippen molar-refractivity contribution in [3.05, 3.63) is 41.3 Å². The molecule has 0 unspecified atom stereocenters. The first kappa shape index (κ1) is 15.6. The molecule has 0 amide bonds. The van der Waals surface area contributed by atoms with Crippen molar-refractivity contribution in [2.45, 2.75) is 39.0 Å². The highest BCUT2D eigenvalue weighted by molar-refractivity contribution is 7.92. The molecule has 0 saturated carbocycles. The number of nitrogens with one attached hydrogen (secondary N) is 1. The Kier molecular flexibility index (Phi) is 4.37. The SMILES string of the molecule is Cc1noc(C)c1S(=O)(=O)Nc1cccc(CC(C)C)c1. The first-order valence-electron chi connectivity index (χ1n) is 6.84. The molecule has 0 fully saturated rings. The fourth-order valence-electron chi connectivity index (χ4n) is 2.30. The van der Waals surface area contributed by atoms with Crippen LogP contribution in [0.25, 0.3) is 0 Å². The zero-order valence-corrected chi connectivity index (χ0v) is 13.5. The summed E-state index contributed by atoms with van der Waals surface area (Å²) in [6.45, 7) is 7.45. The molecule has 1 aromatic heterocycles. The van der Waals surface area contributed by atoms with Gasteiger partial charge in [-0.1, -0.05) is 31.1 Å². The summed E-state index contributed by atoms with van der Waals surface area (Å²) in [5.41, 5.74) is 2.01. The topological polar surface area (TPSA) is 72.2 Å². The third-order valence-corrected chi connectivity index (χ3v) is 4.68. The lowest BCUT2D eigenvalue weighted by Gasteiger charge is -2.10. The number of anilines is 1. The Hall–Kier alpha value is -1.82. The third-order valence-electron chi connectivity index (χ3n) is 3.06. The van der Waals surface area contributed by atoms with E-state index in [0.29, 0.717) is 23.1 Å². The van der Waals surface area contributed by atoms with Gasteiger partial charge < -0.3 is 4.52 Å². The highest BCUT2D eigenvalue weighted by Crippen LogP contribution is 2.23. The molecule has 2 aromatic rings. The minimum Gasteiger partial charge on any atom is -0.360 e. The van der Waals surface area contributed by atoms with Gasteiger partial charge in [-0.05, 0) is 43.9 Å². The third kappa shape index (κ3) is 3.64. The quantitative estimate of drug-likeness (QED) is 0.920. The van der Waals surface area contributed by atoms with Crippen LogP contribution in [0.5, 0.6) is 0 Å². The molecule has 0 saturated heterocycles. The standard InChI is InChI=1S/C15H20N2O3S/c1-10(2)8-13-6-5-7-14(9-13)17-21(18,19)15-11(3)16-20-12(15)4/h5-7,9-10,17H,8H2,1-4H3. The Labute approximate surface area is 125 Å². The molecule has 6 heteroatoms. The van der Waals surface area contributed by atoms with E-state index in [1.165, 1.54) is 0 Å². The van der Waals surface area contributed by atoms with Crippen molar-refractivity contribution in [2.75, 3.05) is 4.72 Å². The van der Waals surface area contributed by atoms with E-state index < -0.39 is 10.0 Å². The Bertz CT molecular complexity index is 714. The number of nitrogens with zero attached hydrogens (tertiary/aromatic N) is 1. The van der Waals surface area contributed by atoms with Gasteiger partial charge >= 0.3 is 0 Å². The first-order valence-corrected chi connectivity index (χ1v) is 8.32. The summed E-state index contributed by atoms with van der Waals surface area (Å²) in [5.74, 6) is 0.803. The van der Waals surface area contributed by atoms with E-state index in [1.807, 2.05) is 18.2 Å². The van der Waals surface area contributed by atoms with Gasteiger partial charge in [0.05, 0.1) is 0 Å². The Morgan fingerprint density at radius 3 is 2.57 bits per heavy atom. The molecule has 21 heavy (non-hydrogen) atoms. The molecule has 0 spiro atoms. The van der Waals surface area contributed by atoms with Gasteiger partial charge in [-0.15, -0.1) is 0 Å². The lowest BCUT2D eigenvalue weighted by atomic mass is 10.0. The number of sulfonamides is 1. The lowest BCUT2D eigenvalue weighted by Crippen LogP contribution is -2.14. The van der Waals surface area contributed by atoms with Crippen LogP contribution in [0.1, 0.15) is 30.9 Å². The van der Waals surface area contributed by atoms with E-state index in [2.05, 4.69) is 23.7 Å². The molecule has 1 heterocycles. The molecule has 0 aliphatic heterocycles. The van der Waals surface area contributed by atoms with Crippen molar-refractivity contribution in [1.82, 2.24) is 5.16 Å². The average molecular weight is 308 g/mol. The van der Waals surface area contributed by atoms with E-state index in [1.54, 1.807) is 19.9 Å². The van der Waals surface area contributed by atoms with Crippen LogP contribution in [0.15, 0.2) is 33.7 Å². The second-order valence-electron chi connectivity index (χ2n) is 5.56. The Morgan fingerprint density at radius 1 is 1.29 bits per heavy atom. The zero-order chi connectivity index (χ0) is 15.6. The summed E-state index contributed by atoms with van der Waals surface area (Å²) in [4.78, 5) is 0.108. The highest BCUT2D eigenvalue weighted by Gasteiger charge is 2.24. The Morgan fingerprint density at radius 2 is 2.00 bits per heavy atom. The molecule has 114 valence electrons. The fourth-order valence-corrected chi connectivity index (χ4v) is 3.68. The van der Waals surface area contributed by atoms with Crippen LogP contribution in [0, 0.1) is 19.8 Å². The lowest BCUT2D eigenvalue weighted by molar-refractivity contribution is 0.390. The van der Waals surface area contributed by atoms with Gasteiger partial charge in [-0.3, -0.25) is 4.72 Å². The summed E-state index contributed by atoms with van der Waals surface area (Å²) >= 11 is 0. The molecule has 0 aliphatic carbocycles. The largest absolute Gasteiger partial charge is 0.360 e. The van der Waals surface area contributed by atoms with Crippen molar-refractivity contribution in [3.63, 3.8) is 0 Å². The minimum atomic E-state index is -3.68. The second-order valence-corrected chi connectivity index (χ2v) is 7.18. The van der Waals surface area contributed by atoms with Crippen LogP contribution in [0.4, 0.5) is 5.69 Å². The van der Waals surface area contributed by atoms with Gasteiger partial charge in [-0.25, -0.2) is 8.42 Å². The van der Waals surface area contributed by atoms with Gasteiger partial charge in [0.1, 0.15) is 5.69 Å². The van der Waals surface area contributed by atoms with Crippen molar-refractivity contribution >= 4 is 15.7 Å². The van der Waals surface area contributed by atoms with Crippen LogP contribution in [-0.2, 0) is 16.4 Å². The number of hydrogen-bond donors (Lipinski definition) is 1. The summed E-state index contributed by atoms with van der Waals surface area (Å²) < 4.78 is 32.4. The fraction of sp³-hybridized carbons (Fsp3) is 0.400. The molecule has 2 rings (SSSR count). The van der Waals surface area contributed by atoms with Gasteiger partial charge in [0.15, 0.2) is 10.7 Å². The number of hydrogen-bond acceptors (Lipinski definition) is 4. The zero-order valence-electron chi connectivity index (χ0n) is 12.7. The molecule has 0 radical (unpaired) electrons. The van der Waals surface area contributed by atoms with Crippen LogP contribution in [0.2, 0.25) is 0 Å². The number of rotatable bonds is 5. The van der Waals surface area contributed by atoms with Gasteiger partial charge in [-0.2, -0.15) is 0 Å². The smallest absolute Gasteiger partial charge is 0.267 e. The maximum atomic E-state index is 12.4. The number of aryl methyl sites for hydroxylation is 2. The normalized spacial score (nSPS) is 11.9. The average Bonchev–Trinajstić information content (AvgIpc) is 2.68. The van der Waals surface area contributed by atoms with Crippen LogP contribution in [0.3, 0.4) is 0 Å². The summed E-state index contributed by atoms with van der Waals surface area (Å²) in [5, 5.41) is 3.69. The van der Waals surface area contributed by atoms with Gasteiger partial charge in [0.25, 0.3) is 10.0 Å². The predicted octanol–water partition coefficient (Wildman–Crippen LogP) is 3.29.